The van der Waals surface area contributed by atoms with Crippen molar-refractivity contribution in [3.63, 3.8) is 0 Å². The first-order valence-corrected chi connectivity index (χ1v) is 9.36. The van der Waals surface area contributed by atoms with E-state index in [2.05, 4.69) is 15.3 Å². The van der Waals surface area contributed by atoms with Crippen LogP contribution in [0.5, 0.6) is 0 Å². The predicted octanol–water partition coefficient (Wildman–Crippen LogP) is 2.82. The van der Waals surface area contributed by atoms with E-state index < -0.39 is 0 Å². The molecule has 1 saturated carbocycles. The maximum atomic E-state index is 12.5. The van der Waals surface area contributed by atoms with Crippen molar-refractivity contribution >= 4 is 5.82 Å². The molecule has 2 heterocycles. The molecule has 0 bridgehead atoms. The van der Waals surface area contributed by atoms with Crippen molar-refractivity contribution < 1.29 is 0 Å². The summed E-state index contributed by atoms with van der Waals surface area (Å²) >= 11 is 0. The van der Waals surface area contributed by atoms with Crippen molar-refractivity contribution in [2.24, 2.45) is 0 Å². The zero-order valence-electron chi connectivity index (χ0n) is 14.7. The summed E-state index contributed by atoms with van der Waals surface area (Å²) in [4.78, 5) is 21.1. The molecule has 0 spiro atoms. The smallest absolute Gasteiger partial charge is 0.267 e. The monoisotopic (exact) mass is 339 g/mol. The number of hydrogen-bond acceptors (Lipinski definition) is 5. The summed E-state index contributed by atoms with van der Waals surface area (Å²) < 4.78 is 1.76. The Morgan fingerprint density at radius 2 is 1.84 bits per heavy atom. The summed E-state index contributed by atoms with van der Waals surface area (Å²) in [6.07, 6.45) is 11.8. The molecule has 25 heavy (non-hydrogen) atoms. The molecule has 4 rings (SSSR count). The van der Waals surface area contributed by atoms with E-state index in [4.69, 9.17) is 5.10 Å². The lowest BCUT2D eigenvalue weighted by molar-refractivity contribution is 0.300. The third kappa shape index (κ3) is 3.43. The molecule has 0 unspecified atom stereocenters. The average molecular weight is 339 g/mol. The molecule has 0 aliphatic heterocycles. The zero-order chi connectivity index (χ0) is 17.2. The van der Waals surface area contributed by atoms with Crippen molar-refractivity contribution in [3.8, 4) is 0 Å². The number of aryl methyl sites for hydroxylation is 3. The number of hydrogen-bond donors (Lipinski definition) is 1. The van der Waals surface area contributed by atoms with Gasteiger partial charge in [-0.3, -0.25) is 9.78 Å². The molecule has 0 radical (unpaired) electrons. The number of fused-ring (bicyclic) bond motifs is 1. The number of nitrogens with zero attached hydrogens (tertiary/aromatic N) is 4. The van der Waals surface area contributed by atoms with Gasteiger partial charge in [-0.25, -0.2) is 9.67 Å². The predicted molar refractivity (Wildman–Crippen MR) is 96.8 cm³/mol. The van der Waals surface area contributed by atoms with Crippen LogP contribution in [0.3, 0.4) is 0 Å². The van der Waals surface area contributed by atoms with E-state index in [1.54, 1.807) is 17.1 Å². The summed E-state index contributed by atoms with van der Waals surface area (Å²) in [6, 6.07) is 2.44. The van der Waals surface area contributed by atoms with Gasteiger partial charge in [0.05, 0.1) is 17.4 Å². The molecule has 1 N–H and O–H groups in total. The molecule has 6 heteroatoms. The highest BCUT2D eigenvalue weighted by Gasteiger charge is 2.25. The molecule has 2 aromatic rings. The molecule has 132 valence electrons. The maximum Gasteiger partial charge on any atom is 0.267 e. The molecule has 0 saturated heterocycles. The van der Waals surface area contributed by atoms with E-state index in [0.29, 0.717) is 6.04 Å². The molecule has 1 fully saturated rings. The minimum Gasteiger partial charge on any atom is -0.366 e. The van der Waals surface area contributed by atoms with Crippen LogP contribution in [0.25, 0.3) is 0 Å². The van der Waals surface area contributed by atoms with Gasteiger partial charge in [0, 0.05) is 24.5 Å². The Labute approximate surface area is 147 Å². The highest BCUT2D eigenvalue weighted by molar-refractivity contribution is 5.39. The van der Waals surface area contributed by atoms with Crippen molar-refractivity contribution in [3.05, 3.63) is 45.8 Å². The van der Waals surface area contributed by atoms with Crippen molar-refractivity contribution in [2.45, 2.75) is 70.4 Å². The number of aromatic nitrogens is 4. The lowest BCUT2D eigenvalue weighted by atomic mass is 9.91. The van der Waals surface area contributed by atoms with Gasteiger partial charge in [0.1, 0.15) is 5.82 Å². The van der Waals surface area contributed by atoms with Crippen LogP contribution in [-0.4, -0.2) is 25.8 Å². The fraction of sp³-hybridized carbons (Fsp3) is 0.579. The van der Waals surface area contributed by atoms with Crippen LogP contribution in [0.15, 0.2) is 23.3 Å². The lowest BCUT2D eigenvalue weighted by Gasteiger charge is -2.30. The second-order valence-electron chi connectivity index (χ2n) is 7.25. The Bertz CT molecular complexity index is 808. The van der Waals surface area contributed by atoms with Crippen molar-refractivity contribution in [1.29, 1.82) is 0 Å². The van der Waals surface area contributed by atoms with Gasteiger partial charge in [-0.15, -0.1) is 0 Å². The van der Waals surface area contributed by atoms with Gasteiger partial charge in [0.15, 0.2) is 0 Å². The quantitative estimate of drug-likeness (QED) is 0.931. The fourth-order valence-corrected chi connectivity index (χ4v) is 4.05. The Morgan fingerprint density at radius 3 is 2.64 bits per heavy atom. The SMILES string of the molecule is Cc1nccnc1NC1CCC(n2nc3c(cc2=O)CCCC3)CC1. The molecule has 2 aliphatic carbocycles. The van der Waals surface area contributed by atoms with Gasteiger partial charge in [-0.1, -0.05) is 0 Å². The van der Waals surface area contributed by atoms with Crippen LogP contribution >= 0.6 is 0 Å². The Hall–Kier alpha value is -2.24. The summed E-state index contributed by atoms with van der Waals surface area (Å²) in [5.74, 6) is 0.870. The van der Waals surface area contributed by atoms with Gasteiger partial charge in [-0.05, 0) is 63.9 Å². The molecule has 0 aromatic carbocycles. The van der Waals surface area contributed by atoms with Gasteiger partial charge in [0.2, 0.25) is 0 Å². The largest absolute Gasteiger partial charge is 0.366 e. The lowest BCUT2D eigenvalue weighted by Crippen LogP contribution is -2.34. The topological polar surface area (TPSA) is 72.7 Å². The first kappa shape index (κ1) is 16.2. The van der Waals surface area contributed by atoms with Crippen LogP contribution in [0.2, 0.25) is 0 Å². The number of nitrogens with one attached hydrogen (secondary N) is 1. The minimum absolute atomic E-state index is 0.0711. The van der Waals surface area contributed by atoms with Crippen LogP contribution in [0.4, 0.5) is 5.82 Å². The van der Waals surface area contributed by atoms with Crippen molar-refractivity contribution in [1.82, 2.24) is 19.7 Å². The average Bonchev–Trinajstić information content (AvgIpc) is 2.64. The number of anilines is 1. The Kier molecular flexibility index (Phi) is 4.51. The molecule has 2 aliphatic rings. The summed E-state index contributed by atoms with van der Waals surface area (Å²) in [5.41, 5.74) is 3.31. The molecule has 0 atom stereocenters. The third-order valence-electron chi connectivity index (χ3n) is 5.50. The molecule has 2 aromatic heterocycles. The maximum absolute atomic E-state index is 12.5. The fourth-order valence-electron chi connectivity index (χ4n) is 4.05. The normalized spacial score (nSPS) is 23.1. The van der Waals surface area contributed by atoms with E-state index in [1.807, 2.05) is 13.0 Å². The molecular formula is C19H25N5O. The Morgan fingerprint density at radius 1 is 1.08 bits per heavy atom. The van der Waals surface area contributed by atoms with Gasteiger partial charge in [-0.2, -0.15) is 5.10 Å². The van der Waals surface area contributed by atoms with Crippen LogP contribution < -0.4 is 10.9 Å². The van der Waals surface area contributed by atoms with E-state index in [9.17, 15) is 4.79 Å². The van der Waals surface area contributed by atoms with Crippen LogP contribution in [0, 0.1) is 6.92 Å². The van der Waals surface area contributed by atoms with E-state index in [-0.39, 0.29) is 11.6 Å². The van der Waals surface area contributed by atoms with Crippen molar-refractivity contribution in [2.75, 3.05) is 5.32 Å². The molecule has 0 amide bonds. The van der Waals surface area contributed by atoms with Crippen LogP contribution in [-0.2, 0) is 12.8 Å². The molecular weight excluding hydrogens is 314 g/mol. The van der Waals surface area contributed by atoms with Gasteiger partial charge < -0.3 is 5.32 Å². The van der Waals surface area contributed by atoms with E-state index in [1.165, 1.54) is 18.4 Å². The minimum atomic E-state index is 0.0711. The summed E-state index contributed by atoms with van der Waals surface area (Å²) in [5, 5.41) is 8.23. The van der Waals surface area contributed by atoms with E-state index >= 15 is 0 Å². The standard InChI is InChI=1S/C19H25N5O/c1-13-19(21-11-10-20-13)22-15-6-8-16(9-7-15)24-18(25)12-14-4-2-3-5-17(14)23-24/h10-12,15-16H,2-9H2,1H3,(H,21,22). The van der Waals surface area contributed by atoms with Gasteiger partial charge >= 0.3 is 0 Å². The third-order valence-corrected chi connectivity index (χ3v) is 5.50. The van der Waals surface area contributed by atoms with Gasteiger partial charge in [0.25, 0.3) is 5.56 Å². The molecule has 6 nitrogen and oxygen atoms in total. The van der Waals surface area contributed by atoms with Crippen LogP contribution in [0.1, 0.15) is 61.5 Å². The second kappa shape index (κ2) is 6.94. The first-order valence-electron chi connectivity index (χ1n) is 9.36. The number of rotatable bonds is 3. The second-order valence-corrected chi connectivity index (χ2v) is 7.25. The highest BCUT2D eigenvalue weighted by atomic mass is 16.1. The summed E-state index contributed by atoms with van der Waals surface area (Å²) in [7, 11) is 0. The van der Waals surface area contributed by atoms with E-state index in [0.717, 1.165) is 55.7 Å². The first-order chi connectivity index (χ1) is 12.2. The highest BCUT2D eigenvalue weighted by Crippen LogP contribution is 2.29. The Balaban J connectivity index is 1.44. The zero-order valence-corrected chi connectivity index (χ0v) is 14.7. The summed E-state index contributed by atoms with van der Waals surface area (Å²) in [6.45, 7) is 1.97.